The van der Waals surface area contributed by atoms with Crippen molar-refractivity contribution in [2.24, 2.45) is 17.8 Å². The van der Waals surface area contributed by atoms with Crippen molar-refractivity contribution in [2.75, 3.05) is 0 Å². The third-order valence-corrected chi connectivity index (χ3v) is 4.96. The van der Waals surface area contributed by atoms with Crippen LogP contribution in [0.3, 0.4) is 0 Å². The predicted octanol–water partition coefficient (Wildman–Crippen LogP) is 4.92. The van der Waals surface area contributed by atoms with Crippen LogP contribution in [0.1, 0.15) is 61.5 Å². The molecular weight excluding hydrogens is 260 g/mol. The van der Waals surface area contributed by atoms with Gasteiger partial charge in [0, 0.05) is 0 Å². The minimum absolute atomic E-state index is 0.0721. The number of carbonyl (C=O) groups is 1. The number of ether oxygens (including phenoxy) is 1. The summed E-state index contributed by atoms with van der Waals surface area (Å²) in [4.78, 5) is 12.4. The molecule has 0 unspecified atom stereocenters. The molecule has 0 amide bonds. The highest BCUT2D eigenvalue weighted by atomic mass is 16.5. The SMILES string of the molecule is Cc1ccc(C(=O)O[C@@H]2C[C@@H](C)CC[C@@H]2C(C)C)cc1C. The Balaban J connectivity index is 2.10. The van der Waals surface area contributed by atoms with Gasteiger partial charge in [-0.3, -0.25) is 0 Å². The predicted molar refractivity (Wildman–Crippen MR) is 86.5 cm³/mol. The van der Waals surface area contributed by atoms with Gasteiger partial charge in [0.15, 0.2) is 0 Å². The first kappa shape index (κ1) is 16.1. The molecule has 0 bridgehead atoms. The summed E-state index contributed by atoms with van der Waals surface area (Å²) >= 11 is 0. The molecule has 0 saturated heterocycles. The van der Waals surface area contributed by atoms with Crippen LogP contribution < -0.4 is 0 Å². The molecule has 0 heterocycles. The summed E-state index contributed by atoms with van der Waals surface area (Å²) in [5, 5.41) is 0. The van der Waals surface area contributed by atoms with Gasteiger partial charge in [0.05, 0.1) is 5.56 Å². The van der Waals surface area contributed by atoms with E-state index in [9.17, 15) is 4.79 Å². The summed E-state index contributed by atoms with van der Waals surface area (Å²) in [6.45, 7) is 10.8. The van der Waals surface area contributed by atoms with Gasteiger partial charge in [-0.25, -0.2) is 4.79 Å². The van der Waals surface area contributed by atoms with Crippen LogP contribution in [0.25, 0.3) is 0 Å². The summed E-state index contributed by atoms with van der Waals surface area (Å²) in [5.41, 5.74) is 3.03. The second-order valence-corrected chi connectivity index (χ2v) is 7.07. The summed E-state index contributed by atoms with van der Waals surface area (Å²) in [5.74, 6) is 1.55. The van der Waals surface area contributed by atoms with Crippen LogP contribution in [-0.2, 0) is 4.74 Å². The second-order valence-electron chi connectivity index (χ2n) is 7.07. The van der Waals surface area contributed by atoms with Gasteiger partial charge in [0.2, 0.25) is 0 Å². The van der Waals surface area contributed by atoms with Crippen LogP contribution in [-0.4, -0.2) is 12.1 Å². The zero-order valence-electron chi connectivity index (χ0n) is 14.0. The lowest BCUT2D eigenvalue weighted by Crippen LogP contribution is -2.35. The Bertz CT molecular complexity index is 504. The van der Waals surface area contributed by atoms with Gasteiger partial charge in [0.25, 0.3) is 0 Å². The monoisotopic (exact) mass is 288 g/mol. The molecule has 2 nitrogen and oxygen atoms in total. The van der Waals surface area contributed by atoms with Gasteiger partial charge >= 0.3 is 5.97 Å². The highest BCUT2D eigenvalue weighted by Gasteiger charge is 2.33. The van der Waals surface area contributed by atoms with Gasteiger partial charge in [-0.05, 0) is 67.7 Å². The number of hydrogen-bond donors (Lipinski definition) is 0. The van der Waals surface area contributed by atoms with Crippen LogP contribution >= 0.6 is 0 Å². The maximum atomic E-state index is 12.4. The van der Waals surface area contributed by atoms with Gasteiger partial charge in [0.1, 0.15) is 6.10 Å². The standard InChI is InChI=1S/C19H28O2/c1-12(2)17-9-6-13(3)10-18(17)21-19(20)16-8-7-14(4)15(5)11-16/h7-8,11-13,17-18H,6,9-10H2,1-5H3/t13-,17+,18+/m0/s1. The molecule has 0 spiro atoms. The third-order valence-electron chi connectivity index (χ3n) is 4.96. The van der Waals surface area contributed by atoms with Gasteiger partial charge in [-0.15, -0.1) is 0 Å². The van der Waals surface area contributed by atoms with Crippen LogP contribution in [0.15, 0.2) is 18.2 Å². The molecule has 116 valence electrons. The molecule has 1 fully saturated rings. The smallest absolute Gasteiger partial charge is 0.338 e. The fourth-order valence-corrected chi connectivity index (χ4v) is 3.32. The number of esters is 1. The van der Waals surface area contributed by atoms with Crippen LogP contribution in [0.5, 0.6) is 0 Å². The van der Waals surface area contributed by atoms with Crippen molar-refractivity contribution in [3.8, 4) is 0 Å². The topological polar surface area (TPSA) is 26.3 Å². The molecule has 2 heteroatoms. The summed E-state index contributed by atoms with van der Waals surface area (Å²) in [6.07, 6.45) is 3.49. The number of hydrogen-bond acceptors (Lipinski definition) is 2. The van der Waals surface area contributed by atoms with Crippen LogP contribution in [0, 0.1) is 31.6 Å². The van der Waals surface area contributed by atoms with E-state index in [0.29, 0.717) is 23.3 Å². The van der Waals surface area contributed by atoms with Crippen molar-refractivity contribution in [3.63, 3.8) is 0 Å². The summed E-state index contributed by atoms with van der Waals surface area (Å²) in [7, 11) is 0. The summed E-state index contributed by atoms with van der Waals surface area (Å²) < 4.78 is 5.88. The Morgan fingerprint density at radius 2 is 1.90 bits per heavy atom. The first-order valence-corrected chi connectivity index (χ1v) is 8.16. The van der Waals surface area contributed by atoms with Crippen molar-refractivity contribution < 1.29 is 9.53 Å². The number of carbonyl (C=O) groups excluding carboxylic acids is 1. The Morgan fingerprint density at radius 1 is 1.19 bits per heavy atom. The summed E-state index contributed by atoms with van der Waals surface area (Å²) in [6, 6.07) is 5.81. The zero-order valence-corrected chi connectivity index (χ0v) is 14.0. The first-order chi connectivity index (χ1) is 9.88. The average molecular weight is 288 g/mol. The normalized spacial score (nSPS) is 25.9. The minimum atomic E-state index is -0.164. The van der Waals surface area contributed by atoms with Crippen molar-refractivity contribution >= 4 is 5.97 Å². The number of rotatable bonds is 3. The zero-order chi connectivity index (χ0) is 15.6. The molecule has 21 heavy (non-hydrogen) atoms. The third kappa shape index (κ3) is 3.87. The van der Waals surface area contributed by atoms with Crippen LogP contribution in [0.4, 0.5) is 0 Å². The van der Waals surface area contributed by atoms with Crippen molar-refractivity contribution in [1.82, 2.24) is 0 Å². The first-order valence-electron chi connectivity index (χ1n) is 8.16. The van der Waals surface area contributed by atoms with Gasteiger partial charge in [-0.1, -0.05) is 33.3 Å². The Labute approximate surface area is 128 Å². The molecule has 1 aromatic carbocycles. The molecular formula is C19H28O2. The molecule has 0 aliphatic heterocycles. The Hall–Kier alpha value is -1.31. The fourth-order valence-electron chi connectivity index (χ4n) is 3.32. The van der Waals surface area contributed by atoms with Gasteiger partial charge < -0.3 is 4.74 Å². The van der Waals surface area contributed by atoms with E-state index in [1.54, 1.807) is 0 Å². The van der Waals surface area contributed by atoms with Gasteiger partial charge in [-0.2, -0.15) is 0 Å². The number of benzene rings is 1. The Morgan fingerprint density at radius 3 is 2.52 bits per heavy atom. The Kier molecular flexibility index (Phi) is 5.08. The van der Waals surface area contributed by atoms with E-state index in [0.717, 1.165) is 12.0 Å². The molecule has 1 saturated carbocycles. The van der Waals surface area contributed by atoms with E-state index >= 15 is 0 Å². The molecule has 1 aromatic rings. The lowest BCUT2D eigenvalue weighted by atomic mass is 9.75. The van der Waals surface area contributed by atoms with E-state index in [-0.39, 0.29) is 12.1 Å². The largest absolute Gasteiger partial charge is 0.458 e. The molecule has 2 rings (SSSR count). The lowest BCUT2D eigenvalue weighted by molar-refractivity contribution is -0.0174. The maximum Gasteiger partial charge on any atom is 0.338 e. The number of aryl methyl sites for hydroxylation is 2. The quantitative estimate of drug-likeness (QED) is 0.738. The van der Waals surface area contributed by atoms with E-state index in [1.807, 2.05) is 25.1 Å². The van der Waals surface area contributed by atoms with Crippen molar-refractivity contribution in [1.29, 1.82) is 0 Å². The van der Waals surface area contributed by atoms with Crippen LogP contribution in [0.2, 0.25) is 0 Å². The molecule has 3 atom stereocenters. The van der Waals surface area contributed by atoms with E-state index < -0.39 is 0 Å². The minimum Gasteiger partial charge on any atom is -0.458 e. The highest BCUT2D eigenvalue weighted by molar-refractivity contribution is 5.89. The van der Waals surface area contributed by atoms with Crippen molar-refractivity contribution in [2.45, 2.75) is 60.0 Å². The van der Waals surface area contributed by atoms with Crippen molar-refractivity contribution in [3.05, 3.63) is 34.9 Å². The second kappa shape index (κ2) is 6.64. The molecule has 1 aliphatic rings. The lowest BCUT2D eigenvalue weighted by Gasteiger charge is -2.36. The molecule has 0 radical (unpaired) electrons. The van der Waals surface area contributed by atoms with E-state index in [2.05, 4.69) is 27.7 Å². The average Bonchev–Trinajstić information content (AvgIpc) is 2.41. The molecule has 0 aromatic heterocycles. The highest BCUT2D eigenvalue weighted by Crippen LogP contribution is 2.35. The molecule has 0 N–H and O–H groups in total. The van der Waals surface area contributed by atoms with E-state index in [4.69, 9.17) is 4.74 Å². The maximum absolute atomic E-state index is 12.4. The fraction of sp³-hybridized carbons (Fsp3) is 0.632. The van der Waals surface area contributed by atoms with E-state index in [1.165, 1.54) is 18.4 Å². The molecule has 1 aliphatic carbocycles.